The third-order valence-corrected chi connectivity index (χ3v) is 6.30. The molecule has 0 saturated carbocycles. The Bertz CT molecular complexity index is 1160. The van der Waals surface area contributed by atoms with Crippen LogP contribution in [0.3, 0.4) is 0 Å². The van der Waals surface area contributed by atoms with E-state index in [-0.39, 0.29) is 16.5 Å². The lowest BCUT2D eigenvalue weighted by atomic mass is 10.1. The predicted octanol–water partition coefficient (Wildman–Crippen LogP) is 5.35. The number of nitro groups is 1. The van der Waals surface area contributed by atoms with E-state index in [0.717, 1.165) is 29.8 Å². The topological polar surface area (TPSA) is 88.0 Å². The van der Waals surface area contributed by atoms with E-state index in [1.807, 2.05) is 65.6 Å². The van der Waals surface area contributed by atoms with Gasteiger partial charge in [-0.2, -0.15) is 0 Å². The molecule has 0 radical (unpaired) electrons. The number of amides is 1. The minimum absolute atomic E-state index is 0.00340. The highest BCUT2D eigenvalue weighted by molar-refractivity contribution is 5.94. The van der Waals surface area contributed by atoms with E-state index >= 15 is 0 Å². The van der Waals surface area contributed by atoms with Gasteiger partial charge >= 0.3 is 0 Å². The Balaban J connectivity index is 1.37. The van der Waals surface area contributed by atoms with Crippen LogP contribution in [-0.2, 0) is 6.54 Å². The maximum Gasteiger partial charge on any atom is 0.292 e. The van der Waals surface area contributed by atoms with E-state index in [4.69, 9.17) is 4.74 Å². The second kappa shape index (κ2) is 12.1. The van der Waals surface area contributed by atoms with Gasteiger partial charge in [-0.1, -0.05) is 43.7 Å². The average molecular weight is 489 g/mol. The smallest absolute Gasteiger partial charge is 0.292 e. The van der Waals surface area contributed by atoms with E-state index < -0.39 is 0 Å². The van der Waals surface area contributed by atoms with Crippen molar-refractivity contribution in [2.45, 2.75) is 26.3 Å². The molecule has 1 N–H and O–H groups in total. The molecule has 0 unspecified atom stereocenters. The second-order valence-corrected chi connectivity index (χ2v) is 8.80. The Hall–Kier alpha value is -4.07. The standard InChI is InChI=1S/C28H32N4O4/c1-2-3-19-36-25-12-9-23(10-13-25)28(33)31-17-15-30(16-18-31)24-11-14-27(32(34)35)26(20-24)29-21-22-7-5-4-6-8-22/h4-14,20,29H,2-3,15-19,21H2,1H3. The van der Waals surface area contributed by atoms with Crippen LogP contribution in [0.2, 0.25) is 0 Å². The molecule has 0 aliphatic carbocycles. The van der Waals surface area contributed by atoms with Gasteiger partial charge in [-0.15, -0.1) is 0 Å². The predicted molar refractivity (Wildman–Crippen MR) is 142 cm³/mol. The van der Waals surface area contributed by atoms with Gasteiger partial charge in [-0.25, -0.2) is 0 Å². The van der Waals surface area contributed by atoms with Crippen LogP contribution in [0, 0.1) is 10.1 Å². The summed E-state index contributed by atoms with van der Waals surface area (Å²) in [6, 6.07) is 22.3. The lowest BCUT2D eigenvalue weighted by molar-refractivity contribution is -0.384. The van der Waals surface area contributed by atoms with Crippen molar-refractivity contribution < 1.29 is 14.5 Å². The molecule has 0 atom stereocenters. The normalized spacial score (nSPS) is 13.4. The molecule has 3 aromatic rings. The van der Waals surface area contributed by atoms with Crippen molar-refractivity contribution in [3.8, 4) is 5.75 Å². The molecule has 1 amide bonds. The summed E-state index contributed by atoms with van der Waals surface area (Å²) in [4.78, 5) is 28.2. The third-order valence-electron chi connectivity index (χ3n) is 6.30. The fourth-order valence-corrected chi connectivity index (χ4v) is 4.19. The number of anilines is 2. The number of nitrogens with zero attached hydrogens (tertiary/aromatic N) is 3. The molecular weight excluding hydrogens is 456 g/mol. The number of rotatable bonds is 10. The van der Waals surface area contributed by atoms with Crippen molar-refractivity contribution >= 4 is 23.0 Å². The molecule has 1 aliphatic heterocycles. The number of nitrogens with one attached hydrogen (secondary N) is 1. The minimum Gasteiger partial charge on any atom is -0.494 e. The molecule has 1 heterocycles. The van der Waals surface area contributed by atoms with Crippen LogP contribution in [0.5, 0.6) is 5.75 Å². The molecule has 3 aromatic carbocycles. The van der Waals surface area contributed by atoms with Gasteiger partial charge in [0, 0.05) is 50.0 Å². The fraction of sp³-hybridized carbons (Fsp3) is 0.321. The Morgan fingerprint density at radius 1 is 1.00 bits per heavy atom. The van der Waals surface area contributed by atoms with Crippen LogP contribution in [0.15, 0.2) is 72.8 Å². The summed E-state index contributed by atoms with van der Waals surface area (Å²) >= 11 is 0. The lowest BCUT2D eigenvalue weighted by Gasteiger charge is -2.36. The lowest BCUT2D eigenvalue weighted by Crippen LogP contribution is -2.48. The van der Waals surface area contributed by atoms with Gasteiger partial charge in [-0.05, 0) is 48.4 Å². The highest BCUT2D eigenvalue weighted by Crippen LogP contribution is 2.30. The maximum atomic E-state index is 13.0. The van der Waals surface area contributed by atoms with E-state index in [1.54, 1.807) is 12.1 Å². The monoisotopic (exact) mass is 488 g/mol. The zero-order valence-electron chi connectivity index (χ0n) is 20.6. The molecule has 8 heteroatoms. The number of unbranched alkanes of at least 4 members (excludes halogenated alkanes) is 1. The van der Waals surface area contributed by atoms with Gasteiger partial charge in [0.2, 0.25) is 0 Å². The Morgan fingerprint density at radius 2 is 1.72 bits per heavy atom. The number of ether oxygens (including phenoxy) is 1. The summed E-state index contributed by atoms with van der Waals surface area (Å²) in [5.41, 5.74) is 3.13. The third kappa shape index (κ3) is 6.33. The van der Waals surface area contributed by atoms with Crippen LogP contribution in [-0.4, -0.2) is 48.5 Å². The first-order chi connectivity index (χ1) is 17.5. The van der Waals surface area contributed by atoms with Crippen LogP contribution in [0.25, 0.3) is 0 Å². The zero-order valence-corrected chi connectivity index (χ0v) is 20.6. The number of nitro benzene ring substituents is 1. The summed E-state index contributed by atoms with van der Waals surface area (Å²) in [5, 5.41) is 14.8. The van der Waals surface area contributed by atoms with Gasteiger partial charge < -0.3 is 19.9 Å². The number of benzene rings is 3. The highest BCUT2D eigenvalue weighted by atomic mass is 16.6. The van der Waals surface area contributed by atoms with Crippen molar-refractivity contribution in [1.29, 1.82) is 0 Å². The molecule has 1 aliphatic rings. The van der Waals surface area contributed by atoms with Gasteiger partial charge in [0.15, 0.2) is 0 Å². The van der Waals surface area contributed by atoms with Crippen molar-refractivity contribution in [3.05, 3.63) is 94.0 Å². The van der Waals surface area contributed by atoms with Gasteiger partial charge in [0.25, 0.3) is 11.6 Å². The van der Waals surface area contributed by atoms with Crippen molar-refractivity contribution in [2.75, 3.05) is 43.0 Å². The van der Waals surface area contributed by atoms with E-state index in [2.05, 4.69) is 17.1 Å². The number of carbonyl (C=O) groups excluding carboxylic acids is 1. The zero-order chi connectivity index (χ0) is 25.3. The summed E-state index contributed by atoms with van der Waals surface area (Å²) in [6.07, 6.45) is 2.08. The molecule has 0 spiro atoms. The molecule has 0 bridgehead atoms. The molecule has 0 aromatic heterocycles. The molecule has 4 rings (SSSR count). The van der Waals surface area contributed by atoms with Crippen LogP contribution in [0.1, 0.15) is 35.7 Å². The fourth-order valence-electron chi connectivity index (χ4n) is 4.19. The molecule has 1 saturated heterocycles. The number of piperazine rings is 1. The maximum absolute atomic E-state index is 13.0. The molecule has 36 heavy (non-hydrogen) atoms. The SMILES string of the molecule is CCCCOc1ccc(C(=O)N2CCN(c3ccc([N+](=O)[O-])c(NCc4ccccc4)c3)CC2)cc1. The van der Waals surface area contributed by atoms with E-state index in [0.29, 0.717) is 50.6 Å². The Morgan fingerprint density at radius 3 is 2.39 bits per heavy atom. The first-order valence-corrected chi connectivity index (χ1v) is 12.4. The largest absolute Gasteiger partial charge is 0.494 e. The Kier molecular flexibility index (Phi) is 8.39. The molecular formula is C28H32N4O4. The first kappa shape index (κ1) is 25.0. The molecule has 1 fully saturated rings. The van der Waals surface area contributed by atoms with Gasteiger partial charge in [0.1, 0.15) is 11.4 Å². The van der Waals surface area contributed by atoms with Gasteiger partial charge in [-0.3, -0.25) is 14.9 Å². The summed E-state index contributed by atoms with van der Waals surface area (Å²) in [6.45, 7) is 5.76. The van der Waals surface area contributed by atoms with Crippen LogP contribution >= 0.6 is 0 Å². The summed E-state index contributed by atoms with van der Waals surface area (Å²) in [5.74, 6) is 0.781. The number of carbonyl (C=O) groups is 1. The van der Waals surface area contributed by atoms with E-state index in [9.17, 15) is 14.9 Å². The second-order valence-electron chi connectivity index (χ2n) is 8.80. The van der Waals surface area contributed by atoms with Gasteiger partial charge in [0.05, 0.1) is 11.5 Å². The highest BCUT2D eigenvalue weighted by Gasteiger charge is 2.24. The van der Waals surface area contributed by atoms with Crippen LogP contribution in [0.4, 0.5) is 17.1 Å². The quantitative estimate of drug-likeness (QED) is 0.235. The van der Waals surface area contributed by atoms with Crippen molar-refractivity contribution in [2.24, 2.45) is 0 Å². The molecule has 188 valence electrons. The summed E-state index contributed by atoms with van der Waals surface area (Å²) < 4.78 is 5.69. The first-order valence-electron chi connectivity index (χ1n) is 12.4. The Labute approximate surface area is 211 Å². The van der Waals surface area contributed by atoms with Crippen molar-refractivity contribution in [3.63, 3.8) is 0 Å². The molecule has 8 nitrogen and oxygen atoms in total. The van der Waals surface area contributed by atoms with E-state index in [1.165, 1.54) is 0 Å². The number of hydrogen-bond donors (Lipinski definition) is 1. The van der Waals surface area contributed by atoms with Crippen molar-refractivity contribution in [1.82, 2.24) is 4.90 Å². The summed E-state index contributed by atoms with van der Waals surface area (Å²) in [7, 11) is 0. The van der Waals surface area contributed by atoms with Crippen LogP contribution < -0.4 is 15.0 Å². The average Bonchev–Trinajstić information content (AvgIpc) is 2.92. The number of hydrogen-bond acceptors (Lipinski definition) is 6. The minimum atomic E-state index is -0.367.